The van der Waals surface area contributed by atoms with E-state index in [4.69, 9.17) is 9.47 Å². The van der Waals surface area contributed by atoms with Crippen molar-refractivity contribution in [2.75, 3.05) is 6.61 Å². The van der Waals surface area contributed by atoms with Crippen molar-refractivity contribution in [3.05, 3.63) is 22.8 Å². The van der Waals surface area contributed by atoms with Crippen molar-refractivity contribution >= 4 is 26.8 Å². The summed E-state index contributed by atoms with van der Waals surface area (Å²) in [5.41, 5.74) is 1.09. The van der Waals surface area contributed by atoms with Gasteiger partial charge in [0.15, 0.2) is 6.23 Å². The van der Waals surface area contributed by atoms with Crippen molar-refractivity contribution in [1.29, 1.82) is 0 Å². The average molecular weight is 337 g/mol. The number of benzene rings is 1. The van der Waals surface area contributed by atoms with Crippen molar-refractivity contribution in [2.45, 2.75) is 44.4 Å². The molecule has 0 amide bonds. The van der Waals surface area contributed by atoms with Gasteiger partial charge in [-0.2, -0.15) is 5.10 Å². The third-order valence-electron chi connectivity index (χ3n) is 3.92. The van der Waals surface area contributed by atoms with Gasteiger partial charge in [-0.1, -0.05) is 0 Å². The molecule has 0 N–H and O–H groups in total. The minimum Gasteiger partial charge on any atom is -0.488 e. The molecule has 1 unspecified atom stereocenters. The molecule has 0 spiro atoms. The van der Waals surface area contributed by atoms with E-state index >= 15 is 0 Å². The SMILES string of the molecule is Brc1ccc2c(cnn2C2CCCCO2)c1OC1CC1. The maximum absolute atomic E-state index is 6.03. The molecule has 2 fully saturated rings. The second-order valence-corrected chi connectivity index (χ2v) is 6.39. The molecule has 4 nitrogen and oxygen atoms in total. The summed E-state index contributed by atoms with van der Waals surface area (Å²) in [4.78, 5) is 0. The van der Waals surface area contributed by atoms with E-state index in [-0.39, 0.29) is 6.23 Å². The third-order valence-corrected chi connectivity index (χ3v) is 4.54. The summed E-state index contributed by atoms with van der Waals surface area (Å²) in [7, 11) is 0. The highest BCUT2D eigenvalue weighted by Gasteiger charge is 2.26. The quantitative estimate of drug-likeness (QED) is 0.848. The highest BCUT2D eigenvalue weighted by atomic mass is 79.9. The van der Waals surface area contributed by atoms with Crippen LogP contribution >= 0.6 is 15.9 Å². The van der Waals surface area contributed by atoms with Crippen molar-refractivity contribution in [3.63, 3.8) is 0 Å². The summed E-state index contributed by atoms with van der Waals surface area (Å²) < 4.78 is 14.9. The lowest BCUT2D eigenvalue weighted by Gasteiger charge is -2.23. The van der Waals surface area contributed by atoms with E-state index in [1.54, 1.807) is 0 Å². The zero-order chi connectivity index (χ0) is 13.5. The van der Waals surface area contributed by atoms with Crippen LogP contribution in [0.4, 0.5) is 0 Å². The molecular weight excluding hydrogens is 320 g/mol. The molecule has 1 saturated heterocycles. The molecular formula is C15H17BrN2O2. The maximum Gasteiger partial charge on any atom is 0.150 e. The summed E-state index contributed by atoms with van der Waals surface area (Å²) in [5, 5.41) is 5.61. The van der Waals surface area contributed by atoms with Crippen molar-refractivity contribution in [1.82, 2.24) is 9.78 Å². The molecule has 0 bridgehead atoms. The van der Waals surface area contributed by atoms with Gasteiger partial charge in [0.1, 0.15) is 5.75 Å². The van der Waals surface area contributed by atoms with Crippen LogP contribution in [0, 0.1) is 0 Å². The van der Waals surface area contributed by atoms with Crippen LogP contribution in [-0.2, 0) is 4.74 Å². The van der Waals surface area contributed by atoms with Crippen LogP contribution in [0.5, 0.6) is 5.75 Å². The Hall–Kier alpha value is -1.07. The van der Waals surface area contributed by atoms with Crippen LogP contribution in [0.3, 0.4) is 0 Å². The Labute approximate surface area is 126 Å². The highest BCUT2D eigenvalue weighted by molar-refractivity contribution is 9.10. The molecule has 1 aromatic carbocycles. The second kappa shape index (κ2) is 5.04. The normalized spacial score (nSPS) is 23.1. The first-order valence-electron chi connectivity index (χ1n) is 7.27. The molecule has 1 aromatic heterocycles. The van der Waals surface area contributed by atoms with Gasteiger partial charge in [0, 0.05) is 6.61 Å². The van der Waals surface area contributed by atoms with Crippen LogP contribution in [0.25, 0.3) is 10.9 Å². The Morgan fingerprint density at radius 1 is 1.25 bits per heavy atom. The van der Waals surface area contributed by atoms with Gasteiger partial charge >= 0.3 is 0 Å². The van der Waals surface area contributed by atoms with Crippen molar-refractivity contribution < 1.29 is 9.47 Å². The van der Waals surface area contributed by atoms with E-state index in [1.807, 2.05) is 16.9 Å². The number of ether oxygens (including phenoxy) is 2. The number of fused-ring (bicyclic) bond motifs is 1. The lowest BCUT2D eigenvalue weighted by Crippen LogP contribution is -2.18. The van der Waals surface area contributed by atoms with E-state index in [2.05, 4.69) is 27.1 Å². The molecule has 4 rings (SSSR count). The molecule has 2 heterocycles. The maximum atomic E-state index is 6.03. The van der Waals surface area contributed by atoms with E-state index in [1.165, 1.54) is 6.42 Å². The summed E-state index contributed by atoms with van der Waals surface area (Å²) in [6, 6.07) is 4.13. The molecule has 1 aliphatic heterocycles. The third kappa shape index (κ3) is 2.23. The molecule has 1 aliphatic carbocycles. The molecule has 2 aromatic rings. The molecule has 0 radical (unpaired) electrons. The van der Waals surface area contributed by atoms with E-state index in [9.17, 15) is 0 Å². The fourth-order valence-electron chi connectivity index (χ4n) is 2.69. The lowest BCUT2D eigenvalue weighted by atomic mass is 10.2. The summed E-state index contributed by atoms with van der Waals surface area (Å²) in [6.45, 7) is 0.827. The summed E-state index contributed by atoms with van der Waals surface area (Å²) >= 11 is 3.59. The number of hydrogen-bond acceptors (Lipinski definition) is 3. The fourth-order valence-corrected chi connectivity index (χ4v) is 3.13. The van der Waals surface area contributed by atoms with Gasteiger partial charge in [-0.15, -0.1) is 0 Å². The first kappa shape index (κ1) is 12.7. The molecule has 106 valence electrons. The second-order valence-electron chi connectivity index (χ2n) is 5.54. The van der Waals surface area contributed by atoms with Crippen molar-refractivity contribution in [3.8, 4) is 5.75 Å². The standard InChI is InChI=1S/C15H17BrN2O2/c16-12-6-7-13-11(15(12)20-10-4-5-10)9-17-18(13)14-3-1-2-8-19-14/h6-7,9-10,14H,1-5,8H2. The molecule has 1 saturated carbocycles. The lowest BCUT2D eigenvalue weighted by molar-refractivity contribution is -0.0366. The summed E-state index contributed by atoms with van der Waals surface area (Å²) in [5.74, 6) is 0.923. The van der Waals surface area contributed by atoms with E-state index in [0.29, 0.717) is 6.10 Å². The van der Waals surface area contributed by atoms with Gasteiger partial charge in [-0.3, -0.25) is 0 Å². The van der Waals surface area contributed by atoms with Crippen molar-refractivity contribution in [2.24, 2.45) is 0 Å². The predicted molar refractivity (Wildman–Crippen MR) is 79.9 cm³/mol. The smallest absolute Gasteiger partial charge is 0.150 e. The van der Waals surface area contributed by atoms with Crippen LogP contribution in [-0.4, -0.2) is 22.5 Å². The predicted octanol–water partition coefficient (Wildman–Crippen LogP) is 4.04. The number of hydrogen-bond donors (Lipinski definition) is 0. The number of halogens is 1. The molecule has 2 aliphatic rings. The van der Waals surface area contributed by atoms with Crippen LogP contribution < -0.4 is 4.74 Å². The Balaban J connectivity index is 1.75. The zero-order valence-electron chi connectivity index (χ0n) is 11.2. The molecule has 5 heteroatoms. The Morgan fingerprint density at radius 3 is 2.90 bits per heavy atom. The minimum atomic E-state index is 0.0659. The Bertz CT molecular complexity index is 630. The molecule has 20 heavy (non-hydrogen) atoms. The van der Waals surface area contributed by atoms with Gasteiger partial charge in [0.2, 0.25) is 0 Å². The van der Waals surface area contributed by atoms with Gasteiger partial charge in [0.05, 0.1) is 27.7 Å². The highest BCUT2D eigenvalue weighted by Crippen LogP contribution is 2.39. The van der Waals surface area contributed by atoms with Crippen LogP contribution in [0.15, 0.2) is 22.8 Å². The zero-order valence-corrected chi connectivity index (χ0v) is 12.8. The van der Waals surface area contributed by atoms with Gasteiger partial charge in [0.25, 0.3) is 0 Å². The largest absolute Gasteiger partial charge is 0.488 e. The fraction of sp³-hybridized carbons (Fsp3) is 0.533. The number of nitrogens with zero attached hydrogens (tertiary/aromatic N) is 2. The number of aromatic nitrogens is 2. The Morgan fingerprint density at radius 2 is 2.15 bits per heavy atom. The minimum absolute atomic E-state index is 0.0659. The first-order valence-corrected chi connectivity index (χ1v) is 8.06. The van der Waals surface area contributed by atoms with Gasteiger partial charge in [-0.25, -0.2) is 4.68 Å². The number of rotatable bonds is 3. The van der Waals surface area contributed by atoms with E-state index in [0.717, 1.165) is 53.4 Å². The first-order chi connectivity index (χ1) is 9.83. The van der Waals surface area contributed by atoms with E-state index < -0.39 is 0 Å². The van der Waals surface area contributed by atoms with Crippen LogP contribution in [0.2, 0.25) is 0 Å². The average Bonchev–Trinajstić information content (AvgIpc) is 3.20. The topological polar surface area (TPSA) is 36.3 Å². The molecule has 1 atom stereocenters. The Kier molecular flexibility index (Phi) is 3.19. The monoisotopic (exact) mass is 336 g/mol. The summed E-state index contributed by atoms with van der Waals surface area (Å²) in [6.07, 6.45) is 8.04. The van der Waals surface area contributed by atoms with Gasteiger partial charge in [-0.05, 0) is 60.2 Å². The van der Waals surface area contributed by atoms with Gasteiger partial charge < -0.3 is 9.47 Å². The van der Waals surface area contributed by atoms with Crippen LogP contribution in [0.1, 0.15) is 38.3 Å².